The van der Waals surface area contributed by atoms with Crippen LogP contribution in [-0.2, 0) is 24.9 Å². The lowest BCUT2D eigenvalue weighted by molar-refractivity contribution is 0.121. The number of morpholine rings is 1. The molecule has 1 fully saturated rings. The van der Waals surface area contributed by atoms with Crippen molar-refractivity contribution in [1.82, 2.24) is 14.7 Å². The Morgan fingerprint density at radius 1 is 1.19 bits per heavy atom. The summed E-state index contributed by atoms with van der Waals surface area (Å²) in [6, 6.07) is 4.46. The highest BCUT2D eigenvalue weighted by Crippen LogP contribution is 2.28. The number of rotatable bonds is 7. The van der Waals surface area contributed by atoms with Gasteiger partial charge in [0.15, 0.2) is 0 Å². The zero-order valence-corrected chi connectivity index (χ0v) is 16.7. The molecule has 0 bridgehead atoms. The van der Waals surface area contributed by atoms with Crippen molar-refractivity contribution in [3.8, 4) is 0 Å². The Morgan fingerprint density at radius 2 is 1.92 bits per heavy atom. The maximum absolute atomic E-state index is 5.62. The maximum atomic E-state index is 5.62. The van der Waals surface area contributed by atoms with Gasteiger partial charge in [0.1, 0.15) is 11.6 Å². The molecular formula is C20H32N4O2. The summed E-state index contributed by atoms with van der Waals surface area (Å²) in [6.07, 6.45) is 1.75. The summed E-state index contributed by atoms with van der Waals surface area (Å²) in [4.78, 5) is 4.90. The zero-order chi connectivity index (χ0) is 18.7. The maximum Gasteiger partial charge on any atom is 0.131 e. The largest absolute Gasteiger partial charge is 0.468 e. The summed E-state index contributed by atoms with van der Waals surface area (Å²) in [7, 11) is 2.05. The van der Waals surface area contributed by atoms with Crippen LogP contribution in [0.1, 0.15) is 37.8 Å². The molecule has 1 atom stereocenters. The molecule has 26 heavy (non-hydrogen) atoms. The molecule has 6 heteroatoms. The van der Waals surface area contributed by atoms with Crippen LogP contribution in [0.3, 0.4) is 0 Å². The first-order chi connectivity index (χ1) is 12.5. The van der Waals surface area contributed by atoms with Gasteiger partial charge in [0.25, 0.3) is 0 Å². The number of nitrogens with zero attached hydrogens (tertiary/aromatic N) is 4. The molecule has 3 rings (SSSR count). The molecule has 0 saturated carbocycles. The van der Waals surface area contributed by atoms with Gasteiger partial charge in [-0.15, -0.1) is 0 Å². The van der Waals surface area contributed by atoms with E-state index < -0.39 is 0 Å². The first kappa shape index (κ1) is 19.0. The van der Waals surface area contributed by atoms with E-state index in [4.69, 9.17) is 14.3 Å². The first-order valence-corrected chi connectivity index (χ1v) is 9.59. The quantitative estimate of drug-likeness (QED) is 0.759. The van der Waals surface area contributed by atoms with Gasteiger partial charge in [0.2, 0.25) is 0 Å². The van der Waals surface area contributed by atoms with Crippen LogP contribution in [0.25, 0.3) is 0 Å². The van der Waals surface area contributed by atoms with E-state index in [1.54, 1.807) is 6.26 Å². The number of ether oxygens (including phenoxy) is 1. The standard InChI is InChI=1S/C20H32N4O2/c1-15(2)17(4)24(13-18-7-6-10-26-18)14-19-16(3)21-22(5)20(19)23-8-11-25-12-9-23/h6-7,10,15,17H,8-9,11-14H2,1-5H3. The molecule has 2 aromatic heterocycles. The molecule has 0 aromatic carbocycles. The fourth-order valence-corrected chi connectivity index (χ4v) is 3.62. The Kier molecular flexibility index (Phi) is 6.04. The third-order valence-electron chi connectivity index (χ3n) is 5.46. The lowest BCUT2D eigenvalue weighted by Crippen LogP contribution is -2.39. The predicted molar refractivity (Wildman–Crippen MR) is 103 cm³/mol. The Balaban J connectivity index is 1.88. The fourth-order valence-electron chi connectivity index (χ4n) is 3.62. The van der Waals surface area contributed by atoms with Crippen molar-refractivity contribution in [2.45, 2.75) is 46.8 Å². The molecule has 1 unspecified atom stereocenters. The van der Waals surface area contributed by atoms with Crippen molar-refractivity contribution in [3.63, 3.8) is 0 Å². The molecule has 1 aliphatic heterocycles. The minimum Gasteiger partial charge on any atom is -0.468 e. The molecule has 1 aliphatic rings. The van der Waals surface area contributed by atoms with Crippen molar-refractivity contribution in [2.24, 2.45) is 13.0 Å². The molecule has 0 radical (unpaired) electrons. The van der Waals surface area contributed by atoms with E-state index in [2.05, 4.69) is 43.6 Å². The van der Waals surface area contributed by atoms with Gasteiger partial charge < -0.3 is 14.1 Å². The second-order valence-corrected chi connectivity index (χ2v) is 7.58. The van der Waals surface area contributed by atoms with E-state index in [-0.39, 0.29) is 0 Å². The van der Waals surface area contributed by atoms with Crippen LogP contribution in [0.15, 0.2) is 22.8 Å². The van der Waals surface area contributed by atoms with Gasteiger partial charge in [-0.1, -0.05) is 13.8 Å². The van der Waals surface area contributed by atoms with E-state index in [1.807, 2.05) is 17.8 Å². The van der Waals surface area contributed by atoms with Crippen molar-refractivity contribution < 1.29 is 9.15 Å². The van der Waals surface area contributed by atoms with E-state index >= 15 is 0 Å². The average molecular weight is 361 g/mol. The minimum absolute atomic E-state index is 0.442. The third kappa shape index (κ3) is 4.13. The molecular weight excluding hydrogens is 328 g/mol. The van der Waals surface area contributed by atoms with Gasteiger partial charge in [0.05, 0.1) is 31.7 Å². The highest BCUT2D eigenvalue weighted by Gasteiger charge is 2.26. The summed E-state index contributed by atoms with van der Waals surface area (Å²) in [5.74, 6) is 2.80. The Hall–Kier alpha value is -1.79. The van der Waals surface area contributed by atoms with Gasteiger partial charge in [-0.2, -0.15) is 5.10 Å². The van der Waals surface area contributed by atoms with Gasteiger partial charge in [0, 0.05) is 38.3 Å². The summed E-state index contributed by atoms with van der Waals surface area (Å²) < 4.78 is 13.2. The molecule has 144 valence electrons. The highest BCUT2D eigenvalue weighted by molar-refractivity contribution is 5.50. The van der Waals surface area contributed by atoms with Gasteiger partial charge in [-0.05, 0) is 31.9 Å². The second kappa shape index (κ2) is 8.27. The van der Waals surface area contributed by atoms with Crippen LogP contribution in [0, 0.1) is 12.8 Å². The topological polar surface area (TPSA) is 46.7 Å². The molecule has 0 amide bonds. The van der Waals surface area contributed by atoms with Crippen LogP contribution in [0.2, 0.25) is 0 Å². The van der Waals surface area contributed by atoms with E-state index in [0.717, 1.165) is 50.8 Å². The summed E-state index contributed by atoms with van der Waals surface area (Å²) >= 11 is 0. The van der Waals surface area contributed by atoms with E-state index in [1.165, 1.54) is 11.4 Å². The van der Waals surface area contributed by atoms with Gasteiger partial charge in [-0.25, -0.2) is 0 Å². The minimum atomic E-state index is 0.442. The normalized spacial score (nSPS) is 16.7. The van der Waals surface area contributed by atoms with Crippen LogP contribution < -0.4 is 4.90 Å². The molecule has 3 heterocycles. The number of hydrogen-bond acceptors (Lipinski definition) is 5. The SMILES string of the molecule is Cc1nn(C)c(N2CCOCC2)c1CN(Cc1ccco1)C(C)C(C)C. The van der Waals surface area contributed by atoms with Crippen molar-refractivity contribution in [2.75, 3.05) is 31.2 Å². The van der Waals surface area contributed by atoms with Crippen molar-refractivity contribution >= 4 is 5.82 Å². The number of aryl methyl sites for hydroxylation is 2. The predicted octanol–water partition coefficient (Wildman–Crippen LogP) is 3.20. The van der Waals surface area contributed by atoms with E-state index in [9.17, 15) is 0 Å². The lowest BCUT2D eigenvalue weighted by atomic mass is 10.0. The van der Waals surface area contributed by atoms with Crippen LogP contribution in [0.4, 0.5) is 5.82 Å². The fraction of sp³-hybridized carbons (Fsp3) is 0.650. The van der Waals surface area contributed by atoms with Gasteiger partial charge >= 0.3 is 0 Å². The molecule has 6 nitrogen and oxygen atoms in total. The third-order valence-corrected chi connectivity index (χ3v) is 5.46. The molecule has 0 spiro atoms. The molecule has 2 aromatic rings. The number of aromatic nitrogens is 2. The molecule has 1 saturated heterocycles. The highest BCUT2D eigenvalue weighted by atomic mass is 16.5. The Morgan fingerprint density at radius 3 is 2.54 bits per heavy atom. The molecule has 0 N–H and O–H groups in total. The first-order valence-electron chi connectivity index (χ1n) is 9.59. The average Bonchev–Trinajstić information content (AvgIpc) is 3.22. The summed E-state index contributed by atoms with van der Waals surface area (Å²) in [5.41, 5.74) is 2.42. The zero-order valence-electron chi connectivity index (χ0n) is 16.7. The summed E-state index contributed by atoms with van der Waals surface area (Å²) in [5, 5.41) is 4.72. The van der Waals surface area contributed by atoms with Crippen molar-refractivity contribution in [1.29, 1.82) is 0 Å². The van der Waals surface area contributed by atoms with Crippen molar-refractivity contribution in [3.05, 3.63) is 35.4 Å². The summed E-state index contributed by atoms with van der Waals surface area (Å²) in [6.45, 7) is 14.0. The smallest absolute Gasteiger partial charge is 0.131 e. The van der Waals surface area contributed by atoms with Crippen LogP contribution in [0.5, 0.6) is 0 Å². The van der Waals surface area contributed by atoms with Gasteiger partial charge in [-0.3, -0.25) is 9.58 Å². The number of anilines is 1. The number of furan rings is 1. The van der Waals surface area contributed by atoms with E-state index in [0.29, 0.717) is 12.0 Å². The van der Waals surface area contributed by atoms with Crippen LogP contribution >= 0.6 is 0 Å². The Bertz CT molecular complexity index is 687. The lowest BCUT2D eigenvalue weighted by Gasteiger charge is -2.33. The van der Waals surface area contributed by atoms with Crippen LogP contribution in [-0.4, -0.2) is 47.0 Å². The molecule has 0 aliphatic carbocycles. The number of hydrogen-bond donors (Lipinski definition) is 0. The second-order valence-electron chi connectivity index (χ2n) is 7.58. The monoisotopic (exact) mass is 360 g/mol. The Labute approximate surface area is 156 Å².